The third kappa shape index (κ3) is 20.4. The van der Waals surface area contributed by atoms with Crippen molar-refractivity contribution < 1.29 is 18.9 Å². The number of nitrogens with zero attached hydrogens (tertiary/aromatic N) is 13. The fraction of sp³-hybridized carbons (Fsp3) is 0.134. The van der Waals surface area contributed by atoms with Gasteiger partial charge in [-0.3, -0.25) is 100 Å². The van der Waals surface area contributed by atoms with Crippen molar-refractivity contribution in [2.45, 2.75) is 84.5 Å². The molecule has 692 valence electrons. The van der Waals surface area contributed by atoms with Crippen LogP contribution in [0.15, 0.2) is 255 Å². The Morgan fingerprint density at radius 3 is 1.27 bits per heavy atom. The molecule has 23 aromatic rings. The normalized spacial score (nSPS) is 12.3. The Hall–Kier alpha value is -19.2. The number of pyridine rings is 2. The summed E-state index contributed by atoms with van der Waals surface area (Å²) in [5.41, 5.74) is 13.4. The van der Waals surface area contributed by atoms with Crippen molar-refractivity contribution in [2.75, 3.05) is 26.6 Å². The number of rotatable bonds is 25. The van der Waals surface area contributed by atoms with Crippen LogP contribution in [0.25, 0.3) is 87.2 Å². The number of anilines is 10. The average Bonchev–Trinajstić information content (AvgIpc) is 1.78. The number of aromatic amines is 15. The van der Waals surface area contributed by atoms with Gasteiger partial charge in [0.25, 0.3) is 27.8 Å². The largest absolute Gasteiger partial charge is 0.486 e. The second-order valence-electron chi connectivity index (χ2n) is 33.1. The molecular formula is C97H85N33O9. The number of H-pyrrole nitrogens is 15. The summed E-state index contributed by atoms with van der Waals surface area (Å²) in [6, 6.07) is 69.2. The minimum absolute atomic E-state index is 0.116. The molecule has 0 radical (unpaired) electrons. The van der Waals surface area contributed by atoms with Crippen molar-refractivity contribution in [2.24, 2.45) is 0 Å². The molecule has 2 aliphatic rings. The summed E-state index contributed by atoms with van der Waals surface area (Å²) in [7, 11) is 0. The minimum atomic E-state index is -0.182. The molecule has 15 aromatic heterocycles. The summed E-state index contributed by atoms with van der Waals surface area (Å²) < 4.78 is 23.3. The van der Waals surface area contributed by atoms with Crippen molar-refractivity contribution in [3.05, 3.63) is 339 Å². The number of aromatic nitrogens is 28. The third-order valence-electron chi connectivity index (χ3n) is 22.6. The van der Waals surface area contributed by atoms with Gasteiger partial charge in [0.2, 0.25) is 11.8 Å². The van der Waals surface area contributed by atoms with Crippen molar-refractivity contribution in [3.8, 4) is 29.0 Å². The zero-order valence-electron chi connectivity index (χ0n) is 74.2. The quantitative estimate of drug-likeness (QED) is 0.0253. The highest BCUT2D eigenvalue weighted by Crippen LogP contribution is 2.42. The van der Waals surface area contributed by atoms with E-state index in [1.54, 1.807) is 79.0 Å². The maximum Gasteiger partial charge on any atom is 0.271 e. The van der Waals surface area contributed by atoms with Crippen LogP contribution in [0.1, 0.15) is 94.6 Å². The van der Waals surface area contributed by atoms with Gasteiger partial charge in [0, 0.05) is 129 Å². The van der Waals surface area contributed by atoms with Crippen LogP contribution in [-0.2, 0) is 31.0 Å². The summed E-state index contributed by atoms with van der Waals surface area (Å²) in [6.45, 7) is 6.59. The van der Waals surface area contributed by atoms with Crippen LogP contribution in [0.5, 0.6) is 29.0 Å². The van der Waals surface area contributed by atoms with Crippen LogP contribution in [0.3, 0.4) is 0 Å². The van der Waals surface area contributed by atoms with E-state index in [0.29, 0.717) is 138 Å². The Morgan fingerprint density at radius 1 is 0.309 bits per heavy atom. The van der Waals surface area contributed by atoms with Crippen LogP contribution >= 0.6 is 0 Å². The van der Waals surface area contributed by atoms with E-state index < -0.39 is 0 Å². The predicted molar refractivity (Wildman–Crippen MR) is 525 cm³/mol. The van der Waals surface area contributed by atoms with Gasteiger partial charge in [-0.15, -0.1) is 0 Å². The monoisotopic (exact) mass is 1860 g/mol. The van der Waals surface area contributed by atoms with E-state index in [2.05, 4.69) is 165 Å². The highest BCUT2D eigenvalue weighted by molar-refractivity contribution is 5.93. The van der Waals surface area contributed by atoms with Crippen LogP contribution in [0.4, 0.5) is 58.0 Å². The highest BCUT2D eigenvalue weighted by Gasteiger charge is 2.28. The number of hydrogen-bond donors (Lipinski definition) is 20. The first kappa shape index (κ1) is 86.5. The molecule has 0 spiro atoms. The van der Waals surface area contributed by atoms with E-state index in [1.165, 1.54) is 31.4 Å². The fourth-order valence-electron chi connectivity index (χ4n) is 15.5. The molecule has 42 nitrogen and oxygen atoms in total. The number of fused-ring (bicyclic) bond motifs is 8. The number of nitrogens with one attached hydrogen (secondary N) is 20. The Balaban J connectivity index is 0.000000104. The SMILES string of the molecule is Cc1cc(Nc2cccc(Oc3ccc4c(=O)[nH][nH]c4c3)n2)n[nH]1.Cc1cc(Nc2ccnc(Oc3ccc4c(=O)[nH][nH]c4c3)c2)n[nH]1.Cc1cc(Nc2nc(COCc3ccc4c(=O)[nH][nH]c4c3)nc3ccccc23)n[nH]1.O=c1[nH][nH]c2cc(Cc3nc(Nc4cc(C5CC5)[nH]n4)c4ccccc4n3)ccc12.O=c1[nH][nH]c2ccc(OCc3nc(Nc4cc(C5CC5)[nH]n4)c4ccccc4n3)cc12. The van der Waals surface area contributed by atoms with Gasteiger partial charge in [-0.2, -0.15) is 30.5 Å². The molecule has 42 heteroatoms. The molecule has 15 heterocycles. The van der Waals surface area contributed by atoms with E-state index in [9.17, 15) is 24.0 Å². The number of aryl methyl sites for hydroxylation is 3. The highest BCUT2D eigenvalue weighted by atomic mass is 16.5. The van der Waals surface area contributed by atoms with Crippen LogP contribution in [0, 0.1) is 20.8 Å². The summed E-state index contributed by atoms with van der Waals surface area (Å²) in [4.78, 5) is 94.9. The first-order chi connectivity index (χ1) is 67.9. The molecule has 139 heavy (non-hydrogen) atoms. The van der Waals surface area contributed by atoms with Crippen molar-refractivity contribution in [1.29, 1.82) is 0 Å². The van der Waals surface area contributed by atoms with Gasteiger partial charge in [0.1, 0.15) is 59.6 Å². The molecule has 20 N–H and O–H groups in total. The van der Waals surface area contributed by atoms with Crippen LogP contribution in [0.2, 0.25) is 0 Å². The summed E-state index contributed by atoms with van der Waals surface area (Å²) in [5.74, 6) is 11.9. The molecule has 0 bridgehead atoms. The van der Waals surface area contributed by atoms with E-state index in [0.717, 1.165) is 112 Å². The molecule has 2 aliphatic carbocycles. The lowest BCUT2D eigenvalue weighted by molar-refractivity contribution is 0.102. The van der Waals surface area contributed by atoms with Gasteiger partial charge in [0.05, 0.1) is 77.7 Å². The van der Waals surface area contributed by atoms with Gasteiger partial charge in [-0.1, -0.05) is 54.6 Å². The van der Waals surface area contributed by atoms with Crippen LogP contribution < -0.4 is 68.6 Å². The minimum Gasteiger partial charge on any atom is -0.486 e. The number of benzene rings is 8. The molecule has 2 saturated carbocycles. The molecular weight excluding hydrogens is 1770 g/mol. The third-order valence-corrected chi connectivity index (χ3v) is 22.6. The van der Waals surface area contributed by atoms with Crippen molar-refractivity contribution in [1.82, 2.24) is 142 Å². The lowest BCUT2D eigenvalue weighted by Gasteiger charge is -2.10. The molecule has 2 fully saturated rings. The van der Waals surface area contributed by atoms with Crippen molar-refractivity contribution >= 4 is 145 Å². The zero-order chi connectivity index (χ0) is 94.4. The summed E-state index contributed by atoms with van der Waals surface area (Å²) in [5, 5.41) is 85.0. The zero-order valence-corrected chi connectivity index (χ0v) is 74.2. The Morgan fingerprint density at radius 2 is 0.741 bits per heavy atom. The van der Waals surface area contributed by atoms with E-state index in [4.69, 9.17) is 28.9 Å². The van der Waals surface area contributed by atoms with Gasteiger partial charge in [-0.25, -0.2) is 34.9 Å². The second-order valence-corrected chi connectivity index (χ2v) is 33.1. The molecule has 25 rings (SSSR count). The summed E-state index contributed by atoms with van der Waals surface area (Å²) >= 11 is 0. The van der Waals surface area contributed by atoms with Crippen LogP contribution in [-0.4, -0.2) is 142 Å². The summed E-state index contributed by atoms with van der Waals surface area (Å²) in [6.07, 6.45) is 7.06. The molecule has 0 saturated heterocycles. The number of ether oxygens (including phenoxy) is 4. The standard InChI is InChI=1S/C22H19N7O2.C22H19N7O.C21H19N7O2.2C16H14N6O2/c30-22-15-9-13(7-8-17(15)26-29-22)31-11-20-23-16-4-2-1-3-14(16)21(25-20)24-19-10-18(27-28-19)12-5-6-12;30-22-15-8-5-12(9-18(15)27-29-22)10-19-23-16-4-2-1-3-14(16)21(24-19)25-20-11-17(26-28-20)13-6-7-13;1-12-8-18(27-25-12)23-20-14-4-2-3-5-16(14)22-19(24-20)11-30-10-13-6-7-15-17(9-13)26-28-21(15)29;1-9-6-14(21-19-9)18-10-4-5-17-15(7-10)24-11-2-3-12-13(8-11)20-22-16(12)23;1-9-7-14(21-19-9)17-13-3-2-4-15(18-13)24-10-5-6-11-12(8-10)20-22-16(11)23/h1-4,7-10,12H,5-6,11H2,(H2,26,29,30)(H2,23,24,25,27,28);1-5,8-9,11,13H,6-7,10H2,(H2,27,29,30)(H2,23,24,25,26,28);2-9H,10-11H2,1H3,(H2,26,28,29)(H2,22,23,24,25,27);2*2-8H,1H3,(H2,20,22,23)(H2,17,18,19,21). The van der Waals surface area contributed by atoms with Crippen molar-refractivity contribution in [3.63, 3.8) is 0 Å². The average molecular weight is 1860 g/mol. The molecule has 0 aliphatic heterocycles. The first-order valence-corrected chi connectivity index (χ1v) is 44.2. The van der Waals surface area contributed by atoms with Gasteiger partial charge < -0.3 is 45.5 Å². The Kier molecular flexibility index (Phi) is 23.8. The topological polar surface area (TPSA) is 587 Å². The van der Waals surface area contributed by atoms with Gasteiger partial charge in [-0.05, 0) is 173 Å². The maximum absolute atomic E-state index is 11.8. The predicted octanol–water partition coefficient (Wildman–Crippen LogP) is 16.4. The molecule has 0 atom stereocenters. The Labute approximate surface area is 781 Å². The lowest BCUT2D eigenvalue weighted by Crippen LogP contribution is -2.05. The first-order valence-electron chi connectivity index (χ1n) is 44.2. The van der Waals surface area contributed by atoms with Gasteiger partial charge >= 0.3 is 0 Å². The smallest absolute Gasteiger partial charge is 0.271 e. The van der Waals surface area contributed by atoms with E-state index in [1.807, 2.05) is 166 Å². The maximum atomic E-state index is 11.8. The Bertz CT molecular complexity index is 8580. The number of para-hydroxylation sites is 3. The van der Waals surface area contributed by atoms with E-state index in [-0.39, 0.29) is 41.0 Å². The lowest BCUT2D eigenvalue weighted by atomic mass is 10.1. The second kappa shape index (κ2) is 38.2. The van der Waals surface area contributed by atoms with E-state index >= 15 is 0 Å². The molecule has 8 aromatic carbocycles. The molecule has 0 amide bonds. The fourth-order valence-corrected chi connectivity index (χ4v) is 15.5. The molecule has 0 unspecified atom stereocenters. The van der Waals surface area contributed by atoms with Gasteiger partial charge in [0.15, 0.2) is 40.7 Å². The number of hydrogen-bond acceptors (Lipinski definition) is 27.